The number of hydrogen-bond donors (Lipinski definition) is 3. The van der Waals surface area contributed by atoms with Crippen molar-refractivity contribution in [3.05, 3.63) is 58.7 Å². The zero-order chi connectivity index (χ0) is 25.3. The molecule has 0 bridgehead atoms. The van der Waals surface area contributed by atoms with E-state index < -0.39 is 5.97 Å². The summed E-state index contributed by atoms with van der Waals surface area (Å²) in [5.41, 5.74) is 2.89. The fraction of sp³-hybridized carbons (Fsp3) is 0.429. The van der Waals surface area contributed by atoms with Crippen LogP contribution in [0.1, 0.15) is 65.6 Å². The van der Waals surface area contributed by atoms with Crippen molar-refractivity contribution in [3.63, 3.8) is 0 Å². The second kappa shape index (κ2) is 9.65. The molecule has 1 unspecified atom stereocenters. The van der Waals surface area contributed by atoms with E-state index in [2.05, 4.69) is 16.7 Å². The SMILES string of the molecule is N#Cc1ccc(CCCC(=O)O)c(NC(=O)[C@@H]2CC23CCOc2ccc(C(=O)NCC4CC4)cc23)c1. The molecule has 0 radical (unpaired) electrons. The van der Waals surface area contributed by atoms with Crippen LogP contribution < -0.4 is 15.4 Å². The lowest BCUT2D eigenvalue weighted by Gasteiger charge is -2.27. The van der Waals surface area contributed by atoms with E-state index in [-0.39, 0.29) is 29.6 Å². The molecule has 186 valence electrons. The lowest BCUT2D eigenvalue weighted by atomic mass is 9.86. The Labute approximate surface area is 209 Å². The predicted octanol–water partition coefficient (Wildman–Crippen LogP) is 3.78. The Morgan fingerprint density at radius 2 is 2.00 bits per heavy atom. The van der Waals surface area contributed by atoms with Gasteiger partial charge in [0.1, 0.15) is 5.75 Å². The molecule has 3 aliphatic rings. The van der Waals surface area contributed by atoms with Gasteiger partial charge in [0.25, 0.3) is 5.91 Å². The van der Waals surface area contributed by atoms with Crippen molar-refractivity contribution in [1.82, 2.24) is 5.32 Å². The standard InChI is InChI=1S/C28H29N3O5/c29-15-18-6-7-19(2-1-3-25(32)33)23(12-18)31-27(35)22-14-28(22)10-11-36-24-9-8-20(13-21(24)28)26(34)30-16-17-4-5-17/h6-9,12-13,17,22H,1-5,10-11,14,16H2,(H,30,34)(H,31,35)(H,32,33)/t22-,28?/m0/s1. The van der Waals surface area contributed by atoms with Gasteiger partial charge in [0.15, 0.2) is 0 Å². The number of carboxylic acid groups (broad SMARTS) is 1. The first-order chi connectivity index (χ1) is 17.4. The summed E-state index contributed by atoms with van der Waals surface area (Å²) >= 11 is 0. The van der Waals surface area contributed by atoms with Crippen LogP contribution in [0.4, 0.5) is 5.69 Å². The van der Waals surface area contributed by atoms with Crippen molar-refractivity contribution in [2.75, 3.05) is 18.5 Å². The minimum Gasteiger partial charge on any atom is -0.493 e. The van der Waals surface area contributed by atoms with E-state index in [1.54, 1.807) is 24.3 Å². The molecule has 2 aliphatic carbocycles. The van der Waals surface area contributed by atoms with E-state index in [1.807, 2.05) is 12.1 Å². The molecule has 8 nitrogen and oxygen atoms in total. The average molecular weight is 488 g/mol. The number of amides is 2. The highest BCUT2D eigenvalue weighted by Crippen LogP contribution is 2.61. The molecule has 2 fully saturated rings. The van der Waals surface area contributed by atoms with Crippen molar-refractivity contribution in [2.45, 2.75) is 50.4 Å². The molecule has 2 atom stereocenters. The van der Waals surface area contributed by atoms with Crippen molar-refractivity contribution in [3.8, 4) is 11.8 Å². The monoisotopic (exact) mass is 487 g/mol. The van der Waals surface area contributed by atoms with Gasteiger partial charge in [-0.1, -0.05) is 6.07 Å². The first-order valence-corrected chi connectivity index (χ1v) is 12.5. The Kier molecular flexibility index (Phi) is 6.40. The smallest absolute Gasteiger partial charge is 0.303 e. The molecule has 2 amide bonds. The lowest BCUT2D eigenvalue weighted by molar-refractivity contribution is -0.137. The maximum Gasteiger partial charge on any atom is 0.303 e. The molecule has 1 heterocycles. The largest absolute Gasteiger partial charge is 0.493 e. The number of ether oxygens (including phenoxy) is 1. The highest BCUT2D eigenvalue weighted by Gasteiger charge is 2.61. The molecule has 1 aliphatic heterocycles. The van der Waals surface area contributed by atoms with Crippen molar-refractivity contribution < 1.29 is 24.2 Å². The van der Waals surface area contributed by atoms with Crippen LogP contribution in [0, 0.1) is 23.2 Å². The van der Waals surface area contributed by atoms with Crippen LogP contribution in [0.3, 0.4) is 0 Å². The maximum atomic E-state index is 13.4. The summed E-state index contributed by atoms with van der Waals surface area (Å²) in [6, 6.07) is 12.7. The van der Waals surface area contributed by atoms with Gasteiger partial charge in [-0.05, 0) is 80.3 Å². The van der Waals surface area contributed by atoms with Crippen LogP contribution in [0.2, 0.25) is 0 Å². The van der Waals surface area contributed by atoms with Crippen LogP contribution in [0.25, 0.3) is 0 Å². The molecular weight excluding hydrogens is 458 g/mol. The fourth-order valence-corrected chi connectivity index (χ4v) is 5.18. The number of nitriles is 1. The lowest BCUT2D eigenvalue weighted by Crippen LogP contribution is -2.29. The topological polar surface area (TPSA) is 129 Å². The second-order valence-corrected chi connectivity index (χ2v) is 10.1. The number of aliphatic carboxylic acids is 1. The average Bonchev–Trinajstić information content (AvgIpc) is 3.80. The Morgan fingerprint density at radius 3 is 2.75 bits per heavy atom. The summed E-state index contributed by atoms with van der Waals surface area (Å²) in [6.45, 7) is 1.20. The normalized spacial score (nSPS) is 21.6. The van der Waals surface area contributed by atoms with Gasteiger partial charge >= 0.3 is 5.97 Å². The molecule has 2 saturated carbocycles. The van der Waals surface area contributed by atoms with Gasteiger partial charge in [0.2, 0.25) is 5.91 Å². The van der Waals surface area contributed by atoms with E-state index in [9.17, 15) is 19.6 Å². The first kappa shape index (κ1) is 23.9. The molecule has 8 heteroatoms. The maximum absolute atomic E-state index is 13.4. The molecule has 2 aromatic rings. The first-order valence-electron chi connectivity index (χ1n) is 12.5. The number of rotatable bonds is 9. The third kappa shape index (κ3) is 4.92. The summed E-state index contributed by atoms with van der Waals surface area (Å²) < 4.78 is 5.85. The molecule has 0 saturated heterocycles. The number of fused-ring (bicyclic) bond motifs is 2. The Hall–Kier alpha value is -3.86. The minimum atomic E-state index is -0.868. The van der Waals surface area contributed by atoms with Gasteiger partial charge in [0, 0.05) is 41.1 Å². The van der Waals surface area contributed by atoms with Crippen LogP contribution in [-0.4, -0.2) is 36.0 Å². The summed E-state index contributed by atoms with van der Waals surface area (Å²) in [7, 11) is 0. The van der Waals surface area contributed by atoms with Crippen LogP contribution in [-0.2, 0) is 21.4 Å². The number of anilines is 1. The number of hydrogen-bond acceptors (Lipinski definition) is 5. The molecular formula is C28H29N3O5. The number of nitrogens with zero attached hydrogens (tertiary/aromatic N) is 1. The number of nitrogens with one attached hydrogen (secondary N) is 2. The zero-order valence-corrected chi connectivity index (χ0v) is 20.0. The van der Waals surface area contributed by atoms with E-state index in [0.717, 1.165) is 29.7 Å². The molecule has 1 spiro atoms. The number of aryl methyl sites for hydroxylation is 1. The van der Waals surface area contributed by atoms with Gasteiger partial charge in [-0.25, -0.2) is 0 Å². The van der Waals surface area contributed by atoms with Crippen molar-refractivity contribution >= 4 is 23.5 Å². The Balaban J connectivity index is 1.33. The minimum absolute atomic E-state index is 0.0342. The van der Waals surface area contributed by atoms with Gasteiger partial charge in [-0.3, -0.25) is 14.4 Å². The van der Waals surface area contributed by atoms with E-state index in [1.165, 1.54) is 0 Å². The fourth-order valence-electron chi connectivity index (χ4n) is 5.18. The number of benzene rings is 2. The van der Waals surface area contributed by atoms with Crippen LogP contribution >= 0.6 is 0 Å². The third-order valence-corrected chi connectivity index (χ3v) is 7.56. The van der Waals surface area contributed by atoms with Gasteiger partial charge in [-0.2, -0.15) is 5.26 Å². The van der Waals surface area contributed by atoms with Crippen LogP contribution in [0.15, 0.2) is 36.4 Å². The van der Waals surface area contributed by atoms with Crippen LogP contribution in [0.5, 0.6) is 5.75 Å². The third-order valence-electron chi connectivity index (χ3n) is 7.56. The van der Waals surface area contributed by atoms with Gasteiger partial charge in [-0.15, -0.1) is 0 Å². The van der Waals surface area contributed by atoms with E-state index in [4.69, 9.17) is 9.84 Å². The molecule has 5 rings (SSSR count). The Bertz CT molecular complexity index is 1260. The molecule has 36 heavy (non-hydrogen) atoms. The number of carbonyl (C=O) groups is 3. The quantitative estimate of drug-likeness (QED) is 0.494. The summed E-state index contributed by atoms with van der Waals surface area (Å²) in [6.07, 6.45) is 4.64. The van der Waals surface area contributed by atoms with Gasteiger partial charge in [0.05, 0.1) is 18.2 Å². The summed E-state index contributed by atoms with van der Waals surface area (Å²) in [4.78, 5) is 37.0. The molecule has 3 N–H and O–H groups in total. The van der Waals surface area contributed by atoms with Crippen molar-refractivity contribution in [2.24, 2.45) is 11.8 Å². The van der Waals surface area contributed by atoms with E-state index in [0.29, 0.717) is 61.6 Å². The molecule has 2 aromatic carbocycles. The number of carboxylic acids is 1. The molecule has 0 aromatic heterocycles. The van der Waals surface area contributed by atoms with Crippen molar-refractivity contribution in [1.29, 1.82) is 5.26 Å². The number of carbonyl (C=O) groups excluding carboxylic acids is 2. The summed E-state index contributed by atoms with van der Waals surface area (Å²) in [5, 5.41) is 24.3. The summed E-state index contributed by atoms with van der Waals surface area (Å²) in [5.74, 6) is -0.0784. The van der Waals surface area contributed by atoms with Gasteiger partial charge < -0.3 is 20.5 Å². The highest BCUT2D eigenvalue weighted by atomic mass is 16.5. The Morgan fingerprint density at radius 1 is 1.17 bits per heavy atom. The second-order valence-electron chi connectivity index (χ2n) is 10.1. The van der Waals surface area contributed by atoms with E-state index >= 15 is 0 Å². The predicted molar refractivity (Wildman–Crippen MR) is 132 cm³/mol. The zero-order valence-electron chi connectivity index (χ0n) is 20.0. The highest BCUT2D eigenvalue weighted by molar-refractivity contribution is 5.98.